The third kappa shape index (κ3) is 9.75. The topological polar surface area (TPSA) is 164 Å². The largest absolute Gasteiger partial charge is 0.497 e. The molecule has 2 saturated heterocycles. The van der Waals surface area contributed by atoms with Crippen molar-refractivity contribution in [2.24, 2.45) is 0 Å². The van der Waals surface area contributed by atoms with E-state index < -0.39 is 4.92 Å². The number of ether oxygens (including phenoxy) is 4. The fraction of sp³-hybridized carbons (Fsp3) is 0.415. The second kappa shape index (κ2) is 18.9. The van der Waals surface area contributed by atoms with E-state index in [2.05, 4.69) is 34.0 Å². The van der Waals surface area contributed by atoms with Crippen molar-refractivity contribution in [1.82, 2.24) is 9.97 Å². The quantitative estimate of drug-likeness (QED) is 0.0937. The van der Waals surface area contributed by atoms with E-state index in [0.29, 0.717) is 74.5 Å². The molecule has 4 heterocycles. The molecule has 4 atom stereocenters. The summed E-state index contributed by atoms with van der Waals surface area (Å²) in [6.45, 7) is 5.83. The highest BCUT2D eigenvalue weighted by molar-refractivity contribution is 6.32. The number of rotatable bonds is 12. The van der Waals surface area contributed by atoms with Gasteiger partial charge in [0.15, 0.2) is 0 Å². The van der Waals surface area contributed by atoms with Gasteiger partial charge in [0.05, 0.1) is 47.3 Å². The molecule has 16 heteroatoms. The Hall–Kier alpha value is -5.02. The fourth-order valence-corrected chi connectivity index (χ4v) is 7.85. The molecule has 0 amide bonds. The summed E-state index contributed by atoms with van der Waals surface area (Å²) < 4.78 is 22.6. The van der Waals surface area contributed by atoms with Crippen LogP contribution in [-0.2, 0) is 16.0 Å². The monoisotopic (exact) mass is 820 g/mol. The molecule has 7 rings (SSSR count). The predicted octanol–water partition coefficient (Wildman–Crippen LogP) is 9.94. The molecule has 57 heavy (non-hydrogen) atoms. The van der Waals surface area contributed by atoms with Crippen LogP contribution >= 0.6 is 23.2 Å². The van der Waals surface area contributed by atoms with Crippen LogP contribution in [0.4, 0.5) is 22.7 Å². The molecule has 14 nitrogen and oxygen atoms in total. The molecule has 5 aromatic rings. The van der Waals surface area contributed by atoms with Crippen molar-refractivity contribution in [1.29, 1.82) is 0 Å². The van der Waals surface area contributed by atoms with E-state index in [1.54, 1.807) is 50.6 Å². The third-order valence-electron chi connectivity index (χ3n) is 10.5. The van der Waals surface area contributed by atoms with Crippen LogP contribution in [0.5, 0.6) is 11.5 Å². The van der Waals surface area contributed by atoms with E-state index >= 15 is 0 Å². The van der Waals surface area contributed by atoms with E-state index in [9.17, 15) is 20.2 Å². The lowest BCUT2D eigenvalue weighted by atomic mass is 9.97. The van der Waals surface area contributed by atoms with Crippen LogP contribution in [0.2, 0.25) is 10.0 Å². The van der Waals surface area contributed by atoms with Crippen molar-refractivity contribution in [2.75, 3.05) is 37.7 Å². The number of pyridine rings is 2. The Morgan fingerprint density at radius 2 is 1.42 bits per heavy atom. The second-order valence-electron chi connectivity index (χ2n) is 14.0. The van der Waals surface area contributed by atoms with Crippen LogP contribution in [0.1, 0.15) is 57.9 Å². The zero-order valence-corrected chi connectivity index (χ0v) is 33.8. The zero-order chi connectivity index (χ0) is 40.6. The van der Waals surface area contributed by atoms with Crippen LogP contribution in [-0.4, -0.2) is 71.5 Å². The lowest BCUT2D eigenvalue weighted by Gasteiger charge is -2.39. The molecule has 302 valence electrons. The first kappa shape index (κ1) is 41.6. The molecule has 0 radical (unpaired) electrons. The minimum absolute atomic E-state index is 0.0220. The number of benzene rings is 3. The number of hydrogen-bond donors (Lipinski definition) is 1. The van der Waals surface area contributed by atoms with E-state index in [4.69, 9.17) is 42.1 Å². The molecule has 2 aliphatic rings. The van der Waals surface area contributed by atoms with Crippen molar-refractivity contribution in [3.05, 3.63) is 103 Å². The molecule has 0 aliphatic carbocycles. The summed E-state index contributed by atoms with van der Waals surface area (Å²) in [4.78, 5) is 33.4. The minimum atomic E-state index is -0.410. The number of nitrogens with zero attached hydrogens (tertiary/aromatic N) is 5. The number of nitro groups is 2. The maximum atomic E-state index is 12.2. The molecule has 2 aliphatic heterocycles. The van der Waals surface area contributed by atoms with Gasteiger partial charge in [0.25, 0.3) is 0 Å². The molecule has 0 saturated carbocycles. The summed E-state index contributed by atoms with van der Waals surface area (Å²) in [6, 6.07) is 16.3. The molecule has 1 N–H and O–H groups in total. The Labute approximate surface area is 340 Å². The average molecular weight is 822 g/mol. The summed E-state index contributed by atoms with van der Waals surface area (Å²) in [5.74, 6) is 1.33. The molecule has 0 unspecified atom stereocenters. The molecule has 2 fully saturated rings. The van der Waals surface area contributed by atoms with Gasteiger partial charge < -0.3 is 29.2 Å². The molecular formula is C41H46Cl2N6O8. The molecule has 2 aromatic heterocycles. The van der Waals surface area contributed by atoms with Gasteiger partial charge in [-0.15, -0.1) is 0 Å². The lowest BCUT2D eigenvalue weighted by molar-refractivity contribution is -0.384. The number of halogens is 2. The van der Waals surface area contributed by atoms with Crippen molar-refractivity contribution in [2.45, 2.75) is 83.2 Å². The van der Waals surface area contributed by atoms with E-state index in [1.807, 2.05) is 18.2 Å². The van der Waals surface area contributed by atoms with Gasteiger partial charge in [-0.3, -0.25) is 20.2 Å². The number of hydrogen-bond acceptors (Lipinski definition) is 12. The Kier molecular flexibility index (Phi) is 13.8. The molecular weight excluding hydrogens is 775 g/mol. The van der Waals surface area contributed by atoms with Gasteiger partial charge in [0, 0.05) is 64.3 Å². The maximum Gasteiger partial charge on any atom is 0.311 e. The highest BCUT2D eigenvalue weighted by Gasteiger charge is 2.33. The SMILES string of the molecule is CC[C@@H]1C[C@H](N(Cc2ccc(OC)cc2OC)c2c([N+](=O)[O-])cnc3ccc(Cl)cc23)CCO1.CC[C@@H]1C[C@H](Nc2c([N+](=O)[O-])cnc3ccc(Cl)cc23)CCO1. The van der Waals surface area contributed by atoms with Crippen LogP contribution in [0, 0.1) is 20.2 Å². The number of anilines is 2. The summed E-state index contributed by atoms with van der Waals surface area (Å²) in [5.41, 5.74) is 3.14. The third-order valence-corrected chi connectivity index (χ3v) is 11.0. The van der Waals surface area contributed by atoms with Crippen molar-refractivity contribution in [3.8, 4) is 11.5 Å². The van der Waals surface area contributed by atoms with Gasteiger partial charge in [-0.25, -0.2) is 9.97 Å². The van der Waals surface area contributed by atoms with Crippen molar-refractivity contribution >= 4 is 67.8 Å². The highest BCUT2D eigenvalue weighted by atomic mass is 35.5. The zero-order valence-electron chi connectivity index (χ0n) is 32.3. The van der Waals surface area contributed by atoms with Crippen molar-refractivity contribution < 1.29 is 28.8 Å². The van der Waals surface area contributed by atoms with Gasteiger partial charge in [0.1, 0.15) is 35.3 Å². The average Bonchev–Trinajstić information content (AvgIpc) is 3.22. The second-order valence-corrected chi connectivity index (χ2v) is 14.9. The Morgan fingerprint density at radius 3 is 2.05 bits per heavy atom. The van der Waals surface area contributed by atoms with Crippen LogP contribution in [0.3, 0.4) is 0 Å². The first-order valence-corrected chi connectivity index (χ1v) is 19.7. The molecule has 3 aromatic carbocycles. The maximum absolute atomic E-state index is 12.2. The van der Waals surface area contributed by atoms with Gasteiger partial charge in [-0.1, -0.05) is 37.0 Å². The first-order valence-electron chi connectivity index (χ1n) is 19.0. The van der Waals surface area contributed by atoms with E-state index in [1.165, 1.54) is 12.4 Å². The normalized spacial score (nSPS) is 19.3. The molecule has 0 bridgehead atoms. The smallest absolute Gasteiger partial charge is 0.311 e. The van der Waals surface area contributed by atoms with Crippen LogP contribution in [0.15, 0.2) is 67.0 Å². The van der Waals surface area contributed by atoms with Crippen LogP contribution in [0.25, 0.3) is 21.8 Å². The van der Waals surface area contributed by atoms with Gasteiger partial charge in [0.2, 0.25) is 0 Å². The highest BCUT2D eigenvalue weighted by Crippen LogP contribution is 2.41. The van der Waals surface area contributed by atoms with Gasteiger partial charge in [-0.05, 0) is 87.1 Å². The Balaban J connectivity index is 0.000000208. The summed E-state index contributed by atoms with van der Waals surface area (Å²) in [5, 5.41) is 29.2. The van der Waals surface area contributed by atoms with Crippen LogP contribution < -0.4 is 19.7 Å². The Bertz CT molecular complexity index is 2230. The standard InChI is InChI=1S/C25H28ClN3O5.C16H18ClN3O3/c1-4-19-12-18(9-10-34-19)28(15-16-5-7-20(32-2)13-24(16)33-3)25-21-11-17(26)6-8-22(21)27-14-23(25)29(30)31;1-2-12-8-11(5-6-23-12)19-16-13-7-10(17)3-4-14(13)18-9-15(16)20(21)22/h5-8,11,13-14,18-19H,4,9-10,12,15H2,1-3H3;3-4,7,9,11-12H,2,5-6,8H2,1H3,(H,18,19)/t18-,19-;11-,12-/m11/s1. The van der Waals surface area contributed by atoms with Gasteiger partial charge in [-0.2, -0.15) is 0 Å². The first-order chi connectivity index (χ1) is 27.5. The van der Waals surface area contributed by atoms with E-state index in [0.717, 1.165) is 44.1 Å². The Morgan fingerprint density at radius 1 is 0.807 bits per heavy atom. The summed E-state index contributed by atoms with van der Waals surface area (Å²) in [7, 11) is 3.21. The number of methoxy groups -OCH3 is 2. The predicted molar refractivity (Wildman–Crippen MR) is 222 cm³/mol. The lowest BCUT2D eigenvalue weighted by Crippen LogP contribution is -2.42. The summed E-state index contributed by atoms with van der Waals surface area (Å²) in [6.07, 6.45) is 7.88. The van der Waals surface area contributed by atoms with E-state index in [-0.39, 0.29) is 40.6 Å². The number of fused-ring (bicyclic) bond motifs is 2. The fourth-order valence-electron chi connectivity index (χ4n) is 7.50. The van der Waals surface area contributed by atoms with Gasteiger partial charge >= 0.3 is 11.4 Å². The minimum Gasteiger partial charge on any atom is -0.497 e. The van der Waals surface area contributed by atoms with Crippen molar-refractivity contribution in [3.63, 3.8) is 0 Å². The number of nitrogens with one attached hydrogen (secondary N) is 1. The number of aromatic nitrogens is 2. The summed E-state index contributed by atoms with van der Waals surface area (Å²) >= 11 is 12.4. The molecule has 0 spiro atoms.